The standard InChI is InChI=1S/C12H19BrN2S/c1-14-6-9-3-4-12(9)15(2)7-11-5-10(13)8-16-11/h5,8-9,12,14H,3-4,6-7H2,1-2H3. The zero-order valence-electron chi connectivity index (χ0n) is 9.87. The Bertz CT molecular complexity index is 340. The zero-order valence-corrected chi connectivity index (χ0v) is 12.3. The van der Waals surface area contributed by atoms with E-state index in [-0.39, 0.29) is 0 Å². The van der Waals surface area contributed by atoms with Crippen LogP contribution in [0.4, 0.5) is 0 Å². The van der Waals surface area contributed by atoms with Crippen molar-refractivity contribution < 1.29 is 0 Å². The Labute approximate surface area is 110 Å². The van der Waals surface area contributed by atoms with E-state index >= 15 is 0 Å². The molecule has 2 rings (SSSR count). The summed E-state index contributed by atoms with van der Waals surface area (Å²) in [6.07, 6.45) is 2.74. The van der Waals surface area contributed by atoms with Gasteiger partial charge in [0.25, 0.3) is 0 Å². The van der Waals surface area contributed by atoms with Crippen LogP contribution >= 0.6 is 27.3 Å². The first-order valence-electron chi connectivity index (χ1n) is 5.78. The molecular weight excluding hydrogens is 284 g/mol. The molecule has 0 radical (unpaired) electrons. The molecule has 1 heterocycles. The summed E-state index contributed by atoms with van der Waals surface area (Å²) in [5, 5.41) is 5.45. The highest BCUT2D eigenvalue weighted by Gasteiger charge is 2.33. The van der Waals surface area contributed by atoms with Crippen molar-refractivity contribution in [3.63, 3.8) is 0 Å². The fourth-order valence-electron chi connectivity index (χ4n) is 2.43. The molecule has 0 saturated heterocycles. The van der Waals surface area contributed by atoms with E-state index in [1.165, 1.54) is 22.2 Å². The third-order valence-electron chi connectivity index (χ3n) is 3.44. The maximum absolute atomic E-state index is 3.51. The fourth-order valence-corrected chi connectivity index (χ4v) is 3.95. The van der Waals surface area contributed by atoms with Crippen LogP contribution in [-0.2, 0) is 6.54 Å². The van der Waals surface area contributed by atoms with Crippen molar-refractivity contribution in [2.75, 3.05) is 20.6 Å². The van der Waals surface area contributed by atoms with Gasteiger partial charge in [0, 0.05) is 27.3 Å². The van der Waals surface area contributed by atoms with E-state index < -0.39 is 0 Å². The fraction of sp³-hybridized carbons (Fsp3) is 0.667. The minimum Gasteiger partial charge on any atom is -0.319 e. The van der Waals surface area contributed by atoms with Gasteiger partial charge >= 0.3 is 0 Å². The van der Waals surface area contributed by atoms with E-state index in [4.69, 9.17) is 0 Å². The molecule has 2 nitrogen and oxygen atoms in total. The van der Waals surface area contributed by atoms with E-state index in [0.717, 1.165) is 25.0 Å². The monoisotopic (exact) mass is 302 g/mol. The van der Waals surface area contributed by atoms with E-state index in [1.54, 1.807) is 0 Å². The van der Waals surface area contributed by atoms with Crippen LogP contribution in [0.3, 0.4) is 0 Å². The van der Waals surface area contributed by atoms with Crippen LogP contribution in [0.15, 0.2) is 15.9 Å². The first kappa shape index (κ1) is 12.6. The molecule has 1 N–H and O–H groups in total. The number of nitrogens with one attached hydrogen (secondary N) is 1. The van der Waals surface area contributed by atoms with Crippen LogP contribution < -0.4 is 5.32 Å². The second-order valence-electron chi connectivity index (χ2n) is 4.61. The molecule has 16 heavy (non-hydrogen) atoms. The molecule has 1 aliphatic carbocycles. The van der Waals surface area contributed by atoms with Gasteiger partial charge in [-0.1, -0.05) is 0 Å². The number of hydrogen-bond donors (Lipinski definition) is 1. The van der Waals surface area contributed by atoms with Crippen molar-refractivity contribution in [2.24, 2.45) is 5.92 Å². The zero-order chi connectivity index (χ0) is 11.5. The molecule has 90 valence electrons. The highest BCUT2D eigenvalue weighted by Crippen LogP contribution is 2.32. The molecule has 0 bridgehead atoms. The smallest absolute Gasteiger partial charge is 0.0328 e. The second-order valence-corrected chi connectivity index (χ2v) is 6.52. The van der Waals surface area contributed by atoms with Crippen molar-refractivity contribution in [3.8, 4) is 0 Å². The molecule has 2 atom stereocenters. The summed E-state index contributed by atoms with van der Waals surface area (Å²) >= 11 is 5.35. The highest BCUT2D eigenvalue weighted by atomic mass is 79.9. The van der Waals surface area contributed by atoms with Crippen molar-refractivity contribution in [1.82, 2.24) is 10.2 Å². The maximum Gasteiger partial charge on any atom is 0.0328 e. The third kappa shape index (κ3) is 2.86. The van der Waals surface area contributed by atoms with Gasteiger partial charge in [0.15, 0.2) is 0 Å². The normalized spacial score (nSPS) is 24.8. The number of halogens is 1. The molecule has 0 amide bonds. The molecule has 0 aliphatic heterocycles. The van der Waals surface area contributed by atoms with Gasteiger partial charge in [-0.3, -0.25) is 4.90 Å². The van der Waals surface area contributed by atoms with Crippen LogP contribution in [0.2, 0.25) is 0 Å². The molecule has 4 heteroatoms. The molecule has 1 fully saturated rings. The predicted molar refractivity (Wildman–Crippen MR) is 73.9 cm³/mol. The lowest BCUT2D eigenvalue weighted by Crippen LogP contribution is -2.48. The Morgan fingerprint density at radius 3 is 2.88 bits per heavy atom. The molecule has 2 unspecified atom stereocenters. The van der Waals surface area contributed by atoms with Crippen LogP contribution in [0.5, 0.6) is 0 Å². The van der Waals surface area contributed by atoms with Crippen molar-refractivity contribution in [1.29, 1.82) is 0 Å². The van der Waals surface area contributed by atoms with Gasteiger partial charge in [0.2, 0.25) is 0 Å². The summed E-state index contributed by atoms with van der Waals surface area (Å²) in [7, 11) is 4.30. The molecule has 1 saturated carbocycles. The van der Waals surface area contributed by atoms with E-state index in [0.29, 0.717) is 0 Å². The van der Waals surface area contributed by atoms with E-state index in [9.17, 15) is 0 Å². The van der Waals surface area contributed by atoms with Crippen molar-refractivity contribution >= 4 is 27.3 Å². The van der Waals surface area contributed by atoms with E-state index in [1.807, 2.05) is 18.4 Å². The maximum atomic E-state index is 3.51. The lowest BCUT2D eigenvalue weighted by molar-refractivity contribution is 0.0801. The quantitative estimate of drug-likeness (QED) is 0.900. The molecular formula is C12H19BrN2S. The molecule has 1 aliphatic rings. The Hall–Kier alpha value is 0.1000. The average molecular weight is 303 g/mol. The minimum atomic E-state index is 0.772. The summed E-state index contributed by atoms with van der Waals surface area (Å²) < 4.78 is 1.21. The topological polar surface area (TPSA) is 15.3 Å². The molecule has 0 spiro atoms. The van der Waals surface area contributed by atoms with Crippen molar-refractivity contribution in [2.45, 2.75) is 25.4 Å². The minimum absolute atomic E-state index is 0.772. The van der Waals surface area contributed by atoms with Gasteiger partial charge in [0.05, 0.1) is 0 Å². The third-order valence-corrected chi connectivity index (χ3v) is 5.12. The van der Waals surface area contributed by atoms with E-state index in [2.05, 4.69) is 44.6 Å². The second kappa shape index (κ2) is 5.63. The number of thiophene rings is 1. The van der Waals surface area contributed by atoms with Gasteiger partial charge in [-0.05, 0) is 61.4 Å². The van der Waals surface area contributed by atoms with Gasteiger partial charge in [0.1, 0.15) is 0 Å². The number of hydrogen-bond acceptors (Lipinski definition) is 3. The lowest BCUT2D eigenvalue weighted by Gasteiger charge is -2.42. The van der Waals surface area contributed by atoms with Crippen LogP contribution in [0.1, 0.15) is 17.7 Å². The first-order valence-corrected chi connectivity index (χ1v) is 7.45. The summed E-state index contributed by atoms with van der Waals surface area (Å²) in [5.41, 5.74) is 0. The average Bonchev–Trinajstić information content (AvgIpc) is 2.58. The highest BCUT2D eigenvalue weighted by molar-refractivity contribution is 9.10. The molecule has 1 aromatic heterocycles. The van der Waals surface area contributed by atoms with Crippen LogP contribution in [0.25, 0.3) is 0 Å². The van der Waals surface area contributed by atoms with Gasteiger partial charge in [-0.2, -0.15) is 0 Å². The van der Waals surface area contributed by atoms with Crippen LogP contribution in [-0.4, -0.2) is 31.6 Å². The molecule has 0 aromatic carbocycles. The van der Waals surface area contributed by atoms with Crippen LogP contribution in [0, 0.1) is 5.92 Å². The Morgan fingerprint density at radius 2 is 2.38 bits per heavy atom. The SMILES string of the molecule is CNCC1CCC1N(C)Cc1cc(Br)cs1. The summed E-state index contributed by atoms with van der Waals surface area (Å²) in [6.45, 7) is 2.24. The predicted octanol–water partition coefficient (Wildman–Crippen LogP) is 2.94. The Morgan fingerprint density at radius 1 is 1.56 bits per heavy atom. The largest absolute Gasteiger partial charge is 0.319 e. The first-order chi connectivity index (χ1) is 7.70. The number of nitrogens with zero attached hydrogens (tertiary/aromatic N) is 1. The molecule has 1 aromatic rings. The van der Waals surface area contributed by atoms with Gasteiger partial charge < -0.3 is 5.32 Å². The Balaban J connectivity index is 1.86. The number of rotatable bonds is 5. The van der Waals surface area contributed by atoms with Gasteiger partial charge in [-0.15, -0.1) is 11.3 Å². The van der Waals surface area contributed by atoms with Crippen molar-refractivity contribution in [3.05, 3.63) is 20.8 Å². The van der Waals surface area contributed by atoms with Gasteiger partial charge in [-0.25, -0.2) is 0 Å². The summed E-state index contributed by atoms with van der Waals surface area (Å²) in [6, 6.07) is 3.00. The summed E-state index contributed by atoms with van der Waals surface area (Å²) in [4.78, 5) is 3.95. The summed E-state index contributed by atoms with van der Waals surface area (Å²) in [5.74, 6) is 0.846. The lowest BCUT2D eigenvalue weighted by atomic mass is 9.78. The Kier molecular flexibility index (Phi) is 4.41.